The summed E-state index contributed by atoms with van der Waals surface area (Å²) in [6.45, 7) is 3.47. The Kier molecular flexibility index (Phi) is 3.71. The zero-order chi connectivity index (χ0) is 9.97. The second-order valence-corrected chi connectivity index (χ2v) is 5.31. The average Bonchev–Trinajstić information content (AvgIpc) is 2.65. The molecule has 3 atom stereocenters. The Labute approximate surface area is 89.8 Å². The molecule has 82 valence electrons. The monoisotopic (exact) mass is 217 g/mol. The summed E-state index contributed by atoms with van der Waals surface area (Å²) >= 11 is 1.95. The van der Waals surface area contributed by atoms with E-state index in [2.05, 4.69) is 11.2 Å². The molecule has 1 N–H and O–H groups in total. The third kappa shape index (κ3) is 2.24. The highest BCUT2D eigenvalue weighted by Gasteiger charge is 2.34. The Bertz CT molecular complexity index is 191. The first kappa shape index (κ1) is 10.7. The van der Waals surface area contributed by atoms with Crippen LogP contribution in [0.25, 0.3) is 0 Å². The molecule has 2 fully saturated rings. The summed E-state index contributed by atoms with van der Waals surface area (Å²) in [5.41, 5.74) is 0. The van der Waals surface area contributed by atoms with Crippen LogP contribution in [0.1, 0.15) is 12.8 Å². The minimum atomic E-state index is -0.268. The minimum absolute atomic E-state index is 0.255. The summed E-state index contributed by atoms with van der Waals surface area (Å²) in [4.78, 5) is 2.41. The number of rotatable bonds is 2. The van der Waals surface area contributed by atoms with Crippen LogP contribution in [0.3, 0.4) is 0 Å². The SMILES string of the molecule is CSC1CCCN(C2COCC2O)C1. The molecule has 0 aromatic heterocycles. The molecular formula is C10H19NO2S. The van der Waals surface area contributed by atoms with Crippen molar-refractivity contribution < 1.29 is 9.84 Å². The van der Waals surface area contributed by atoms with E-state index in [0.717, 1.165) is 18.3 Å². The van der Waals surface area contributed by atoms with Crippen LogP contribution in [0, 0.1) is 0 Å². The third-order valence-corrected chi connectivity index (χ3v) is 4.28. The average molecular weight is 217 g/mol. The van der Waals surface area contributed by atoms with Crippen molar-refractivity contribution in [2.75, 3.05) is 32.6 Å². The quantitative estimate of drug-likeness (QED) is 0.733. The molecule has 2 saturated heterocycles. The molecule has 2 heterocycles. The van der Waals surface area contributed by atoms with Gasteiger partial charge in [-0.15, -0.1) is 0 Å². The summed E-state index contributed by atoms with van der Waals surface area (Å²) in [6, 6.07) is 0.255. The molecule has 2 aliphatic rings. The fraction of sp³-hybridized carbons (Fsp3) is 1.00. The second kappa shape index (κ2) is 4.84. The summed E-state index contributed by atoms with van der Waals surface area (Å²) in [5, 5.41) is 10.5. The van der Waals surface area contributed by atoms with Gasteiger partial charge in [-0.3, -0.25) is 4.90 Å². The third-order valence-electron chi connectivity index (χ3n) is 3.23. The standard InChI is InChI=1S/C10H19NO2S/c1-14-8-3-2-4-11(5-8)9-6-13-7-10(9)12/h8-10,12H,2-7H2,1H3. The molecule has 0 aromatic carbocycles. The van der Waals surface area contributed by atoms with Gasteiger partial charge in [-0.05, 0) is 25.6 Å². The summed E-state index contributed by atoms with van der Waals surface area (Å²) in [5.74, 6) is 0. The normalized spacial score (nSPS) is 40.3. The van der Waals surface area contributed by atoms with E-state index >= 15 is 0 Å². The highest BCUT2D eigenvalue weighted by Crippen LogP contribution is 2.24. The smallest absolute Gasteiger partial charge is 0.0950 e. The number of nitrogens with zero attached hydrogens (tertiary/aromatic N) is 1. The number of thioether (sulfide) groups is 1. The molecule has 0 bridgehead atoms. The van der Waals surface area contributed by atoms with Gasteiger partial charge in [0.05, 0.1) is 25.4 Å². The van der Waals surface area contributed by atoms with Gasteiger partial charge in [0.1, 0.15) is 0 Å². The van der Waals surface area contributed by atoms with Gasteiger partial charge in [-0.25, -0.2) is 0 Å². The number of piperidine rings is 1. The first-order valence-corrected chi connectivity index (χ1v) is 6.62. The lowest BCUT2D eigenvalue weighted by Crippen LogP contribution is -2.48. The molecule has 0 amide bonds. The molecule has 0 aromatic rings. The van der Waals surface area contributed by atoms with Crippen LogP contribution in [-0.4, -0.2) is 60.0 Å². The molecular weight excluding hydrogens is 198 g/mol. The summed E-state index contributed by atoms with van der Waals surface area (Å²) in [6.07, 6.45) is 4.49. The van der Waals surface area contributed by atoms with E-state index in [-0.39, 0.29) is 12.1 Å². The van der Waals surface area contributed by atoms with Crippen molar-refractivity contribution in [2.45, 2.75) is 30.2 Å². The van der Waals surface area contributed by atoms with E-state index in [1.165, 1.54) is 12.8 Å². The Balaban J connectivity index is 1.90. The predicted octanol–water partition coefficient (Wildman–Crippen LogP) is 0.574. The second-order valence-electron chi connectivity index (χ2n) is 4.17. The predicted molar refractivity (Wildman–Crippen MR) is 58.7 cm³/mol. The van der Waals surface area contributed by atoms with E-state index in [0.29, 0.717) is 13.2 Å². The molecule has 0 spiro atoms. The zero-order valence-electron chi connectivity index (χ0n) is 8.69. The van der Waals surface area contributed by atoms with Crippen molar-refractivity contribution in [1.29, 1.82) is 0 Å². The van der Waals surface area contributed by atoms with Crippen molar-refractivity contribution >= 4 is 11.8 Å². The van der Waals surface area contributed by atoms with E-state index in [1.807, 2.05) is 11.8 Å². The maximum Gasteiger partial charge on any atom is 0.0950 e. The van der Waals surface area contributed by atoms with E-state index in [9.17, 15) is 5.11 Å². The van der Waals surface area contributed by atoms with Crippen molar-refractivity contribution in [3.05, 3.63) is 0 Å². The maximum atomic E-state index is 9.73. The number of hydrogen-bond acceptors (Lipinski definition) is 4. The van der Waals surface area contributed by atoms with Gasteiger partial charge >= 0.3 is 0 Å². The van der Waals surface area contributed by atoms with Crippen molar-refractivity contribution in [3.8, 4) is 0 Å². The van der Waals surface area contributed by atoms with Gasteiger partial charge in [0.15, 0.2) is 0 Å². The van der Waals surface area contributed by atoms with Gasteiger partial charge in [0.25, 0.3) is 0 Å². The first-order chi connectivity index (χ1) is 6.81. The van der Waals surface area contributed by atoms with Crippen molar-refractivity contribution in [1.82, 2.24) is 4.90 Å². The van der Waals surface area contributed by atoms with E-state index in [1.54, 1.807) is 0 Å². The van der Waals surface area contributed by atoms with Crippen LogP contribution in [0.4, 0.5) is 0 Å². The lowest BCUT2D eigenvalue weighted by atomic mass is 10.1. The molecule has 2 rings (SSSR count). The highest BCUT2D eigenvalue weighted by molar-refractivity contribution is 7.99. The van der Waals surface area contributed by atoms with Crippen LogP contribution in [-0.2, 0) is 4.74 Å². The topological polar surface area (TPSA) is 32.7 Å². The molecule has 14 heavy (non-hydrogen) atoms. The highest BCUT2D eigenvalue weighted by atomic mass is 32.2. The Morgan fingerprint density at radius 2 is 2.29 bits per heavy atom. The zero-order valence-corrected chi connectivity index (χ0v) is 9.50. The van der Waals surface area contributed by atoms with Crippen molar-refractivity contribution in [2.24, 2.45) is 0 Å². The fourth-order valence-electron chi connectivity index (χ4n) is 2.34. The number of aliphatic hydroxyl groups is 1. The lowest BCUT2D eigenvalue weighted by Gasteiger charge is -2.36. The Morgan fingerprint density at radius 3 is 2.93 bits per heavy atom. The number of aliphatic hydroxyl groups excluding tert-OH is 1. The van der Waals surface area contributed by atoms with Crippen LogP contribution in [0.15, 0.2) is 0 Å². The summed E-state index contributed by atoms with van der Waals surface area (Å²) in [7, 11) is 0. The van der Waals surface area contributed by atoms with Gasteiger partial charge in [-0.1, -0.05) is 0 Å². The number of hydrogen-bond donors (Lipinski definition) is 1. The van der Waals surface area contributed by atoms with Crippen LogP contribution in [0.2, 0.25) is 0 Å². The van der Waals surface area contributed by atoms with Gasteiger partial charge < -0.3 is 9.84 Å². The minimum Gasteiger partial charge on any atom is -0.389 e. The van der Waals surface area contributed by atoms with Crippen molar-refractivity contribution in [3.63, 3.8) is 0 Å². The Hall–Kier alpha value is 0.230. The molecule has 3 nitrogen and oxygen atoms in total. The van der Waals surface area contributed by atoms with Gasteiger partial charge in [-0.2, -0.15) is 11.8 Å². The fourth-order valence-corrected chi connectivity index (χ4v) is 3.08. The molecule has 0 radical (unpaired) electrons. The van der Waals surface area contributed by atoms with E-state index in [4.69, 9.17) is 4.74 Å². The largest absolute Gasteiger partial charge is 0.389 e. The Morgan fingerprint density at radius 1 is 1.43 bits per heavy atom. The van der Waals surface area contributed by atoms with Gasteiger partial charge in [0.2, 0.25) is 0 Å². The molecule has 3 unspecified atom stereocenters. The summed E-state index contributed by atoms with van der Waals surface area (Å²) < 4.78 is 5.29. The lowest BCUT2D eigenvalue weighted by molar-refractivity contribution is 0.0720. The van der Waals surface area contributed by atoms with E-state index < -0.39 is 0 Å². The molecule has 2 aliphatic heterocycles. The maximum absolute atomic E-state index is 9.73. The van der Waals surface area contributed by atoms with Crippen LogP contribution >= 0.6 is 11.8 Å². The van der Waals surface area contributed by atoms with Crippen LogP contribution in [0.5, 0.6) is 0 Å². The first-order valence-electron chi connectivity index (χ1n) is 5.34. The molecule has 0 saturated carbocycles. The van der Waals surface area contributed by atoms with Gasteiger partial charge in [0, 0.05) is 11.8 Å². The van der Waals surface area contributed by atoms with Crippen LogP contribution < -0.4 is 0 Å². The molecule has 0 aliphatic carbocycles. The number of likely N-dealkylation sites (tertiary alicyclic amines) is 1. The molecule has 4 heteroatoms. The number of ether oxygens (including phenoxy) is 1.